The fourth-order valence-electron chi connectivity index (χ4n) is 8.78. The molecule has 0 bridgehead atoms. The second-order valence-corrected chi connectivity index (χ2v) is 19.8. The van der Waals surface area contributed by atoms with Gasteiger partial charge >= 0.3 is 7.57 Å². The van der Waals surface area contributed by atoms with Gasteiger partial charge in [-0.1, -0.05) is 78.9 Å². The van der Waals surface area contributed by atoms with Gasteiger partial charge in [0.2, 0.25) is 0 Å². The Bertz CT molecular complexity index is 1550. The fraction of sp³-hybridized carbons (Fsp3) is 0.474. The molecule has 2 saturated heterocycles. The van der Waals surface area contributed by atoms with E-state index < -0.39 is 21.5 Å². The quantitative estimate of drug-likeness (QED) is 0.128. The van der Waals surface area contributed by atoms with E-state index in [1.807, 2.05) is 14.2 Å². The van der Waals surface area contributed by atoms with Crippen LogP contribution in [-0.2, 0) is 9.47 Å². The molecule has 0 amide bonds. The summed E-state index contributed by atoms with van der Waals surface area (Å²) >= 11 is 1.80. The third-order valence-corrected chi connectivity index (χ3v) is 19.0. The second-order valence-electron chi connectivity index (χ2n) is 13.5. The van der Waals surface area contributed by atoms with Gasteiger partial charge in [-0.2, -0.15) is 9.34 Å². The van der Waals surface area contributed by atoms with Crippen LogP contribution in [0.4, 0.5) is 0 Å². The van der Waals surface area contributed by atoms with Gasteiger partial charge in [-0.3, -0.25) is 0 Å². The van der Waals surface area contributed by atoms with Gasteiger partial charge in [0.05, 0.1) is 37.1 Å². The van der Waals surface area contributed by atoms with E-state index in [1.54, 1.807) is 11.3 Å². The van der Waals surface area contributed by atoms with E-state index >= 15 is 0 Å². The minimum atomic E-state index is -2.35. The summed E-state index contributed by atoms with van der Waals surface area (Å²) in [4.78, 5) is 1.14. The number of aliphatic hydroxyl groups is 1. The highest BCUT2D eigenvalue weighted by Gasteiger charge is 2.62. The molecule has 246 valence electrons. The summed E-state index contributed by atoms with van der Waals surface area (Å²) in [5, 5.41) is 18.1. The summed E-state index contributed by atoms with van der Waals surface area (Å²) in [5.74, 6) is 0.0936. The van der Waals surface area contributed by atoms with Crippen LogP contribution in [0, 0.1) is 5.92 Å². The number of fused-ring (bicyclic) bond motifs is 1. The van der Waals surface area contributed by atoms with Gasteiger partial charge in [0.25, 0.3) is 0 Å². The summed E-state index contributed by atoms with van der Waals surface area (Å²) < 4.78 is 18.2. The normalized spacial score (nSPS) is 24.9. The van der Waals surface area contributed by atoms with Gasteiger partial charge in [0, 0.05) is 53.5 Å². The Balaban J connectivity index is 1.34. The number of hydrogen-bond acceptors (Lipinski definition) is 6. The van der Waals surface area contributed by atoms with Crippen molar-refractivity contribution in [3.63, 3.8) is 0 Å². The first-order valence-electron chi connectivity index (χ1n) is 17.3. The standard InChI is InChI=1S/C38H48BN2O3P2S/c1-43-26-28-14-12-24-40(28)46(39,41-25-13-15-29(41)27-44-2)34-22-11-21-32(34)36(42)38-37(33-20-9-10-23-35(33)47-38)45(30-16-5-3-6-17-30)31-18-7-4-8-19-31/h3-10,16-20,23,28-29,32,34,36,42H,11-15,21-22,24-27H2,1-2H3/q+1/t28-,29-,32?,34?,36+/m0/s1. The van der Waals surface area contributed by atoms with Crippen LogP contribution in [0.25, 0.3) is 10.1 Å². The Hall–Kier alpha value is -1.66. The van der Waals surface area contributed by atoms with Gasteiger partial charge in [-0.25, -0.2) is 0 Å². The fourth-order valence-corrected chi connectivity index (χ4v) is 17.8. The second kappa shape index (κ2) is 15.1. The zero-order valence-corrected chi connectivity index (χ0v) is 30.4. The Labute approximate surface area is 288 Å². The number of hydrogen-bond donors (Lipinski definition) is 1. The van der Waals surface area contributed by atoms with E-state index in [1.165, 1.54) is 26.0 Å². The molecule has 47 heavy (non-hydrogen) atoms. The van der Waals surface area contributed by atoms with Crippen molar-refractivity contribution in [2.75, 3.05) is 40.5 Å². The molecule has 3 aliphatic rings. The maximum atomic E-state index is 12.9. The maximum Gasteiger partial charge on any atom is 0.409 e. The maximum absolute atomic E-state index is 12.9. The molecule has 1 saturated carbocycles. The van der Waals surface area contributed by atoms with Crippen LogP contribution in [0.5, 0.6) is 0 Å². The van der Waals surface area contributed by atoms with E-state index in [9.17, 15) is 5.11 Å². The molecule has 0 spiro atoms. The van der Waals surface area contributed by atoms with Crippen LogP contribution in [0.3, 0.4) is 0 Å². The molecular formula is C38H48BN2O3P2S+. The first-order chi connectivity index (χ1) is 23.1. The van der Waals surface area contributed by atoms with E-state index in [0.717, 1.165) is 62.9 Å². The molecule has 4 aromatic rings. The van der Waals surface area contributed by atoms with Crippen molar-refractivity contribution < 1.29 is 14.6 Å². The summed E-state index contributed by atoms with van der Waals surface area (Å²) in [6.45, 7) is 3.44. The van der Waals surface area contributed by atoms with E-state index in [4.69, 9.17) is 17.0 Å². The number of methoxy groups -OCH3 is 2. The van der Waals surface area contributed by atoms with Gasteiger partial charge in [0.1, 0.15) is 7.44 Å². The van der Waals surface area contributed by atoms with Crippen molar-refractivity contribution in [1.29, 1.82) is 0 Å². The summed E-state index contributed by atoms with van der Waals surface area (Å²) in [6.07, 6.45) is 7.11. The zero-order chi connectivity index (χ0) is 32.4. The first-order valence-corrected chi connectivity index (χ1v) is 21.3. The topological polar surface area (TPSA) is 45.2 Å². The molecular weight excluding hydrogens is 637 g/mol. The number of aliphatic hydroxyl groups excluding tert-OH is 1. The van der Waals surface area contributed by atoms with Gasteiger partial charge in [-0.05, 0) is 69.5 Å². The predicted octanol–water partition coefficient (Wildman–Crippen LogP) is 7.01. The molecule has 9 heteroatoms. The predicted molar refractivity (Wildman–Crippen MR) is 203 cm³/mol. The minimum absolute atomic E-state index is 0.0936. The Morgan fingerprint density at radius 1 is 0.787 bits per heavy atom. The third-order valence-electron chi connectivity index (χ3n) is 10.8. The molecule has 2 radical (unpaired) electrons. The Morgan fingerprint density at radius 3 is 1.91 bits per heavy atom. The molecule has 1 N–H and O–H groups in total. The van der Waals surface area contributed by atoms with E-state index in [-0.39, 0.29) is 11.6 Å². The monoisotopic (exact) mass is 685 g/mol. The van der Waals surface area contributed by atoms with Crippen molar-refractivity contribution >= 4 is 60.3 Å². The highest BCUT2D eigenvalue weighted by Crippen LogP contribution is 2.73. The molecule has 3 heterocycles. The largest absolute Gasteiger partial charge is 0.409 e. The highest BCUT2D eigenvalue weighted by molar-refractivity contribution is 7.94. The first kappa shape index (κ1) is 33.8. The average molecular weight is 686 g/mol. The minimum Gasteiger partial charge on any atom is -0.387 e. The lowest BCUT2D eigenvalue weighted by atomic mass is 9.99. The molecule has 3 fully saturated rings. The average Bonchev–Trinajstić information content (AvgIpc) is 3.93. The van der Waals surface area contributed by atoms with Crippen LogP contribution in [-0.4, -0.2) is 80.3 Å². The molecule has 1 aromatic heterocycles. The van der Waals surface area contributed by atoms with Gasteiger partial charge in [0.15, 0.2) is 0 Å². The summed E-state index contributed by atoms with van der Waals surface area (Å²) in [7, 11) is 8.47. The van der Waals surface area contributed by atoms with Crippen molar-refractivity contribution in [1.82, 2.24) is 9.34 Å². The molecule has 2 unspecified atom stereocenters. The highest BCUT2D eigenvalue weighted by atomic mass is 32.1. The van der Waals surface area contributed by atoms with E-state index in [2.05, 4.69) is 94.3 Å². The molecule has 7 rings (SSSR count). The number of thiophene rings is 1. The molecule has 2 aliphatic heterocycles. The van der Waals surface area contributed by atoms with Crippen molar-refractivity contribution in [3.05, 3.63) is 89.8 Å². The summed E-state index contributed by atoms with van der Waals surface area (Å²) in [6, 6.07) is 31.3. The van der Waals surface area contributed by atoms with Crippen LogP contribution >= 0.6 is 26.7 Å². The van der Waals surface area contributed by atoms with Gasteiger partial charge < -0.3 is 14.6 Å². The van der Waals surface area contributed by atoms with Crippen molar-refractivity contribution in [2.45, 2.75) is 68.8 Å². The Morgan fingerprint density at radius 2 is 1.34 bits per heavy atom. The molecule has 1 aliphatic carbocycles. The van der Waals surface area contributed by atoms with Crippen molar-refractivity contribution in [3.8, 4) is 0 Å². The van der Waals surface area contributed by atoms with E-state index in [0.29, 0.717) is 25.3 Å². The summed E-state index contributed by atoms with van der Waals surface area (Å²) in [5.41, 5.74) is 0.227. The lowest BCUT2D eigenvalue weighted by Crippen LogP contribution is -2.49. The number of nitrogens with zero attached hydrogens (tertiary/aromatic N) is 2. The number of benzene rings is 3. The number of rotatable bonds is 12. The van der Waals surface area contributed by atoms with Crippen LogP contribution < -0.4 is 15.9 Å². The third kappa shape index (κ3) is 6.41. The molecule has 5 nitrogen and oxygen atoms in total. The van der Waals surface area contributed by atoms with Gasteiger partial charge in [-0.15, -0.1) is 11.3 Å². The smallest absolute Gasteiger partial charge is 0.387 e. The lowest BCUT2D eigenvalue weighted by molar-refractivity contribution is 0.110. The van der Waals surface area contributed by atoms with Crippen LogP contribution in [0.15, 0.2) is 84.9 Å². The molecule has 5 atom stereocenters. The number of ether oxygens (including phenoxy) is 2. The Kier molecular flexibility index (Phi) is 10.8. The van der Waals surface area contributed by atoms with Crippen molar-refractivity contribution in [2.24, 2.45) is 5.92 Å². The lowest BCUT2D eigenvalue weighted by Gasteiger charge is -2.48. The SMILES string of the molecule is [B][P+](C1CCCC1[C@@H](O)c1sc2ccccc2c1P(c1ccccc1)c1ccccc1)(N1CCC[C@H]1COC)N1CCC[C@H]1COC. The van der Waals surface area contributed by atoms with Crippen LogP contribution in [0.1, 0.15) is 55.9 Å². The molecule has 3 aromatic carbocycles. The van der Waals surface area contributed by atoms with Crippen LogP contribution in [0.2, 0.25) is 0 Å². The zero-order valence-electron chi connectivity index (χ0n) is 27.8.